The molecule has 2 aromatic carbocycles. The van der Waals surface area contributed by atoms with Crippen molar-refractivity contribution in [2.24, 2.45) is 7.05 Å². The van der Waals surface area contributed by atoms with Gasteiger partial charge in [-0.15, -0.1) is 5.10 Å². The van der Waals surface area contributed by atoms with Gasteiger partial charge in [0.15, 0.2) is 0 Å². The first-order valence-corrected chi connectivity index (χ1v) is 9.70. The predicted molar refractivity (Wildman–Crippen MR) is 103 cm³/mol. The lowest BCUT2D eigenvalue weighted by Gasteiger charge is -2.13. The lowest BCUT2D eigenvalue weighted by atomic mass is 10.2. The number of benzene rings is 2. The third kappa shape index (κ3) is 6.63. The molecular weight excluding hydrogens is 424 g/mol. The molecule has 0 fully saturated rings. The summed E-state index contributed by atoms with van der Waals surface area (Å²) in [5.41, 5.74) is 1.87. The van der Waals surface area contributed by atoms with E-state index in [9.17, 15) is 4.39 Å². The van der Waals surface area contributed by atoms with E-state index in [1.165, 1.54) is 12.1 Å². The molecule has 0 aliphatic rings. The van der Waals surface area contributed by atoms with Crippen LogP contribution in [-0.4, -0.2) is 32.5 Å². The Morgan fingerprint density at radius 1 is 1.21 bits per heavy atom. The van der Waals surface area contributed by atoms with Crippen molar-refractivity contribution in [2.45, 2.75) is 18.3 Å². The molecule has 1 aromatic heterocycles. The van der Waals surface area contributed by atoms with Crippen LogP contribution in [0.25, 0.3) is 0 Å². The fourth-order valence-electron chi connectivity index (χ4n) is 2.35. The molecule has 1 heterocycles. The molecule has 0 aliphatic heterocycles. The largest absolute Gasteiger partial charge is 1.00 e. The van der Waals surface area contributed by atoms with Crippen molar-refractivity contribution in [2.75, 3.05) is 12.3 Å². The van der Waals surface area contributed by atoms with Crippen LogP contribution >= 0.6 is 23.4 Å². The number of thioether (sulfide) groups is 1. The number of hydrogen-bond donors (Lipinski definition) is 1. The number of halogens is 3. The van der Waals surface area contributed by atoms with Crippen LogP contribution in [0.4, 0.5) is 4.39 Å². The van der Waals surface area contributed by atoms with Gasteiger partial charge >= 0.3 is 0 Å². The van der Waals surface area contributed by atoms with E-state index in [0.29, 0.717) is 18.2 Å². The average Bonchev–Trinajstić information content (AvgIpc) is 3.07. The van der Waals surface area contributed by atoms with E-state index in [-0.39, 0.29) is 18.2 Å². The summed E-state index contributed by atoms with van der Waals surface area (Å²) in [5, 5.41) is 16.1. The summed E-state index contributed by atoms with van der Waals surface area (Å²) in [6.07, 6.45) is 0. The van der Waals surface area contributed by atoms with Crippen LogP contribution in [0, 0.1) is 5.82 Å². The van der Waals surface area contributed by atoms with Gasteiger partial charge < -0.3 is 22.5 Å². The Labute approximate surface area is 178 Å². The minimum Gasteiger partial charge on any atom is -1.00 e. The topological polar surface area (TPSA) is 64.9 Å². The molecule has 150 valence electrons. The van der Waals surface area contributed by atoms with E-state index in [2.05, 4.69) is 20.8 Å². The first kappa shape index (κ1) is 22.4. The number of nitrogens with one attached hydrogen (secondary N) is 1. The Kier molecular flexibility index (Phi) is 8.98. The second-order valence-corrected chi connectivity index (χ2v) is 7.28. The third-order valence-electron chi connectivity index (χ3n) is 3.74. The Morgan fingerprint density at radius 2 is 2.00 bits per heavy atom. The van der Waals surface area contributed by atoms with Crippen LogP contribution in [0.15, 0.2) is 47.6 Å². The summed E-state index contributed by atoms with van der Waals surface area (Å²) in [6, 6.07) is 11.8. The number of nitrogens with zero attached hydrogens (tertiary/aromatic N) is 4. The molecule has 0 saturated carbocycles. The summed E-state index contributed by atoms with van der Waals surface area (Å²) in [7, 11) is 1.81. The van der Waals surface area contributed by atoms with Gasteiger partial charge in [-0.2, -0.15) is 0 Å². The molecule has 6 nitrogen and oxygen atoms in total. The van der Waals surface area contributed by atoms with Crippen LogP contribution in [0.1, 0.15) is 11.1 Å². The van der Waals surface area contributed by atoms with Gasteiger partial charge in [-0.3, -0.25) is 0 Å². The van der Waals surface area contributed by atoms with E-state index in [0.717, 1.165) is 34.3 Å². The third-order valence-corrected chi connectivity index (χ3v) is 4.98. The van der Waals surface area contributed by atoms with Crippen molar-refractivity contribution in [1.82, 2.24) is 25.5 Å². The van der Waals surface area contributed by atoms with Gasteiger partial charge in [0.1, 0.15) is 18.2 Å². The molecule has 0 saturated heterocycles. The molecule has 0 radical (unpaired) electrons. The summed E-state index contributed by atoms with van der Waals surface area (Å²) < 4.78 is 20.5. The quantitative estimate of drug-likeness (QED) is 0.383. The molecule has 1 N–H and O–H groups in total. The summed E-state index contributed by atoms with van der Waals surface area (Å²) in [4.78, 5) is 0. The fourth-order valence-corrected chi connectivity index (χ4v) is 3.29. The summed E-state index contributed by atoms with van der Waals surface area (Å²) in [6.45, 7) is 1.77. The monoisotopic (exact) mass is 442 g/mol. The SMILES string of the molecule is Cn1nnnc1SCCNCc1cc(Cl)ccc1OCc1ccc(F)cc1.[Cl-]. The highest BCUT2D eigenvalue weighted by molar-refractivity contribution is 7.99. The highest BCUT2D eigenvalue weighted by Gasteiger charge is 2.07. The number of aryl methyl sites for hydroxylation is 1. The Bertz CT molecular complexity index is 879. The molecule has 0 spiro atoms. The maximum absolute atomic E-state index is 13.0. The first-order valence-electron chi connectivity index (χ1n) is 8.33. The minimum atomic E-state index is -0.259. The van der Waals surface area contributed by atoms with E-state index in [1.807, 2.05) is 19.2 Å². The zero-order valence-corrected chi connectivity index (χ0v) is 17.4. The Morgan fingerprint density at radius 3 is 2.71 bits per heavy atom. The predicted octanol–water partition coefficient (Wildman–Crippen LogP) is 0.467. The fraction of sp³-hybridized carbons (Fsp3) is 0.278. The smallest absolute Gasteiger partial charge is 0.209 e. The number of tetrazole rings is 1. The van der Waals surface area contributed by atoms with Gasteiger partial charge in [-0.05, 0) is 46.3 Å². The minimum absolute atomic E-state index is 0. The summed E-state index contributed by atoms with van der Waals surface area (Å²) in [5.74, 6) is 1.33. The molecule has 0 amide bonds. The molecule has 3 rings (SSSR count). The van der Waals surface area contributed by atoms with Crippen molar-refractivity contribution in [1.29, 1.82) is 0 Å². The van der Waals surface area contributed by atoms with Gasteiger partial charge in [0.05, 0.1) is 0 Å². The van der Waals surface area contributed by atoms with Crippen LogP contribution in [0.2, 0.25) is 5.02 Å². The van der Waals surface area contributed by atoms with Gasteiger partial charge in [0.2, 0.25) is 5.16 Å². The Hall–Kier alpha value is -1.87. The molecular formula is C18H19Cl2FN5OS-. The number of hydrogen-bond acceptors (Lipinski definition) is 6. The van der Waals surface area contributed by atoms with Crippen molar-refractivity contribution < 1.29 is 21.5 Å². The molecule has 0 atom stereocenters. The molecule has 28 heavy (non-hydrogen) atoms. The van der Waals surface area contributed by atoms with Crippen molar-refractivity contribution >= 4 is 23.4 Å². The number of rotatable bonds is 9. The second-order valence-electron chi connectivity index (χ2n) is 5.78. The van der Waals surface area contributed by atoms with Crippen LogP contribution in [0.3, 0.4) is 0 Å². The van der Waals surface area contributed by atoms with Crippen molar-refractivity contribution in [3.63, 3.8) is 0 Å². The van der Waals surface area contributed by atoms with Crippen LogP contribution in [0.5, 0.6) is 5.75 Å². The van der Waals surface area contributed by atoms with E-state index >= 15 is 0 Å². The van der Waals surface area contributed by atoms with E-state index < -0.39 is 0 Å². The molecule has 3 aromatic rings. The molecule has 0 bridgehead atoms. The summed E-state index contributed by atoms with van der Waals surface area (Å²) >= 11 is 7.70. The van der Waals surface area contributed by atoms with Crippen molar-refractivity contribution in [3.8, 4) is 5.75 Å². The average molecular weight is 443 g/mol. The molecule has 0 unspecified atom stereocenters. The maximum atomic E-state index is 13.0. The number of ether oxygens (including phenoxy) is 1. The zero-order chi connectivity index (χ0) is 19.1. The highest BCUT2D eigenvalue weighted by Crippen LogP contribution is 2.24. The first-order chi connectivity index (χ1) is 13.1. The number of aromatic nitrogens is 4. The highest BCUT2D eigenvalue weighted by atomic mass is 35.5. The van der Waals surface area contributed by atoms with Gasteiger partial charge in [0, 0.05) is 36.5 Å². The van der Waals surface area contributed by atoms with Gasteiger partial charge in [0.25, 0.3) is 0 Å². The normalized spacial score (nSPS) is 10.5. The standard InChI is InChI=1S/C18H19ClFN5OS.ClH/c1-25-18(22-23-24-25)27-9-8-21-11-14-10-15(19)4-7-17(14)26-12-13-2-5-16(20)6-3-13;/h2-7,10,21H,8-9,11-12H2,1H3;1H/p-1. The van der Waals surface area contributed by atoms with Gasteiger partial charge in [-0.25, -0.2) is 9.07 Å². The van der Waals surface area contributed by atoms with Crippen LogP contribution < -0.4 is 22.5 Å². The van der Waals surface area contributed by atoms with E-state index in [1.54, 1.807) is 34.6 Å². The zero-order valence-electron chi connectivity index (χ0n) is 15.1. The van der Waals surface area contributed by atoms with Crippen LogP contribution in [-0.2, 0) is 20.2 Å². The maximum Gasteiger partial charge on any atom is 0.209 e. The molecule has 10 heteroatoms. The lowest BCUT2D eigenvalue weighted by Crippen LogP contribution is -3.00. The van der Waals surface area contributed by atoms with E-state index in [4.69, 9.17) is 16.3 Å². The lowest BCUT2D eigenvalue weighted by molar-refractivity contribution is -0.00000656. The second kappa shape index (κ2) is 11.2. The van der Waals surface area contributed by atoms with Crippen molar-refractivity contribution in [3.05, 3.63) is 64.4 Å². The Balaban J connectivity index is 0.00000280. The molecule has 0 aliphatic carbocycles. The van der Waals surface area contributed by atoms with Gasteiger partial charge in [-0.1, -0.05) is 35.5 Å².